The highest BCUT2D eigenvalue weighted by molar-refractivity contribution is 6.30. The van der Waals surface area contributed by atoms with Gasteiger partial charge in [0.1, 0.15) is 6.04 Å². The molecule has 5 rings (SSSR count). The maximum atomic E-state index is 13.5. The first-order valence-electron chi connectivity index (χ1n) is 10.4. The molecule has 2 heterocycles. The Kier molecular flexibility index (Phi) is 5.48. The topological polar surface area (TPSA) is 76.1 Å². The summed E-state index contributed by atoms with van der Waals surface area (Å²) in [7, 11) is 0. The lowest BCUT2D eigenvalue weighted by Crippen LogP contribution is -2.45. The number of imide groups is 1. The fourth-order valence-electron chi connectivity index (χ4n) is 4.03. The average Bonchev–Trinajstić information content (AvgIpc) is 3.41. The Morgan fingerprint density at radius 1 is 0.970 bits per heavy atom. The molecule has 3 amide bonds. The van der Waals surface area contributed by atoms with E-state index in [0.717, 1.165) is 10.5 Å². The van der Waals surface area contributed by atoms with E-state index in [-0.39, 0.29) is 31.6 Å². The van der Waals surface area contributed by atoms with Crippen molar-refractivity contribution in [2.24, 2.45) is 0 Å². The summed E-state index contributed by atoms with van der Waals surface area (Å²) in [6.45, 7) is 0.248. The number of hydrogen-bond acceptors (Lipinski definition) is 5. The molecule has 0 radical (unpaired) electrons. The number of ether oxygens (including phenoxy) is 2. The van der Waals surface area contributed by atoms with Gasteiger partial charge in [0.05, 0.1) is 12.1 Å². The second-order valence-electron chi connectivity index (χ2n) is 7.75. The SMILES string of the molecule is O=C1CC(N(Cc2ccc3c(c2)OCO3)C(=O)c2ccc(Cl)cc2)C(=O)N1c1ccccc1. The highest BCUT2D eigenvalue weighted by Crippen LogP contribution is 2.34. The first kappa shape index (κ1) is 21.0. The van der Waals surface area contributed by atoms with Crippen LogP contribution in [0.15, 0.2) is 72.8 Å². The van der Waals surface area contributed by atoms with Crippen molar-refractivity contribution in [1.29, 1.82) is 0 Å². The third-order valence-corrected chi connectivity index (χ3v) is 5.91. The predicted octanol–water partition coefficient (Wildman–Crippen LogP) is 4.04. The molecule has 0 N–H and O–H groups in total. The van der Waals surface area contributed by atoms with Gasteiger partial charge in [-0.05, 0) is 54.1 Å². The Bertz CT molecular complexity index is 1230. The van der Waals surface area contributed by atoms with E-state index in [1.807, 2.05) is 12.1 Å². The maximum Gasteiger partial charge on any atom is 0.257 e. The third-order valence-electron chi connectivity index (χ3n) is 5.66. The standard InChI is InChI=1S/C25H19ClN2O5/c26-18-9-7-17(8-10-18)24(30)27(14-16-6-11-21-22(12-16)33-15-32-21)20-13-23(29)28(25(20)31)19-4-2-1-3-5-19/h1-12,20H,13-15H2. The molecule has 166 valence electrons. The van der Waals surface area contributed by atoms with Crippen LogP contribution in [0.2, 0.25) is 5.02 Å². The molecular formula is C25H19ClN2O5. The summed E-state index contributed by atoms with van der Waals surface area (Å²) in [6.07, 6.45) is -0.0996. The smallest absolute Gasteiger partial charge is 0.257 e. The number of fused-ring (bicyclic) bond motifs is 1. The van der Waals surface area contributed by atoms with Crippen LogP contribution in [0.3, 0.4) is 0 Å². The van der Waals surface area contributed by atoms with E-state index in [2.05, 4.69) is 0 Å². The lowest BCUT2D eigenvalue weighted by atomic mass is 10.1. The molecular weight excluding hydrogens is 444 g/mol. The zero-order chi connectivity index (χ0) is 22.9. The maximum absolute atomic E-state index is 13.5. The number of nitrogens with zero attached hydrogens (tertiary/aromatic N) is 2. The molecule has 2 aliphatic heterocycles. The molecule has 1 unspecified atom stereocenters. The molecule has 3 aromatic carbocycles. The summed E-state index contributed by atoms with van der Waals surface area (Å²) in [5.41, 5.74) is 1.61. The van der Waals surface area contributed by atoms with Gasteiger partial charge in [-0.2, -0.15) is 0 Å². The first-order valence-corrected chi connectivity index (χ1v) is 10.8. The zero-order valence-electron chi connectivity index (χ0n) is 17.4. The van der Waals surface area contributed by atoms with Crippen molar-refractivity contribution in [3.8, 4) is 11.5 Å². The van der Waals surface area contributed by atoms with Crippen LogP contribution < -0.4 is 14.4 Å². The van der Waals surface area contributed by atoms with Gasteiger partial charge in [-0.3, -0.25) is 14.4 Å². The molecule has 0 aromatic heterocycles. The first-order chi connectivity index (χ1) is 16.0. The van der Waals surface area contributed by atoms with E-state index in [1.54, 1.807) is 60.7 Å². The number of benzene rings is 3. The van der Waals surface area contributed by atoms with E-state index >= 15 is 0 Å². The highest BCUT2D eigenvalue weighted by Gasteiger charge is 2.44. The molecule has 8 heteroatoms. The number of hydrogen-bond donors (Lipinski definition) is 0. The van der Waals surface area contributed by atoms with Crippen molar-refractivity contribution in [1.82, 2.24) is 4.90 Å². The fourth-order valence-corrected chi connectivity index (χ4v) is 4.15. The lowest BCUT2D eigenvalue weighted by Gasteiger charge is -2.28. The van der Waals surface area contributed by atoms with E-state index in [4.69, 9.17) is 21.1 Å². The van der Waals surface area contributed by atoms with Gasteiger partial charge in [0.15, 0.2) is 11.5 Å². The van der Waals surface area contributed by atoms with Gasteiger partial charge in [-0.15, -0.1) is 0 Å². The molecule has 0 bridgehead atoms. The van der Waals surface area contributed by atoms with Crippen molar-refractivity contribution < 1.29 is 23.9 Å². The van der Waals surface area contributed by atoms with Gasteiger partial charge in [-0.1, -0.05) is 35.9 Å². The van der Waals surface area contributed by atoms with Crippen LogP contribution in [0.5, 0.6) is 11.5 Å². The molecule has 0 saturated carbocycles. The highest BCUT2D eigenvalue weighted by atomic mass is 35.5. The summed E-state index contributed by atoms with van der Waals surface area (Å²) < 4.78 is 10.8. The summed E-state index contributed by atoms with van der Waals surface area (Å²) in [5, 5.41) is 0.497. The van der Waals surface area contributed by atoms with Crippen LogP contribution in [0.1, 0.15) is 22.3 Å². The Hall–Kier alpha value is -3.84. The van der Waals surface area contributed by atoms with Crippen LogP contribution in [0.4, 0.5) is 5.69 Å². The van der Waals surface area contributed by atoms with Gasteiger partial charge in [0.2, 0.25) is 12.7 Å². The van der Waals surface area contributed by atoms with Crippen molar-refractivity contribution in [3.63, 3.8) is 0 Å². The molecule has 1 saturated heterocycles. The normalized spacial score (nSPS) is 16.9. The molecule has 0 aliphatic carbocycles. The zero-order valence-corrected chi connectivity index (χ0v) is 18.2. The van der Waals surface area contributed by atoms with Crippen molar-refractivity contribution in [2.75, 3.05) is 11.7 Å². The number of carbonyl (C=O) groups is 3. The molecule has 3 aromatic rings. The molecule has 1 atom stereocenters. The molecule has 0 spiro atoms. The summed E-state index contributed by atoms with van der Waals surface area (Å²) in [4.78, 5) is 42.3. The summed E-state index contributed by atoms with van der Waals surface area (Å²) >= 11 is 5.98. The van der Waals surface area contributed by atoms with Gasteiger partial charge in [0.25, 0.3) is 11.8 Å². The van der Waals surface area contributed by atoms with Gasteiger partial charge < -0.3 is 14.4 Å². The Balaban J connectivity index is 1.49. The molecule has 2 aliphatic rings. The third kappa shape index (κ3) is 4.03. The molecule has 7 nitrogen and oxygen atoms in total. The molecule has 1 fully saturated rings. The summed E-state index contributed by atoms with van der Waals surface area (Å²) in [5.74, 6) is 0.0401. The van der Waals surface area contributed by atoms with Crippen LogP contribution >= 0.6 is 11.6 Å². The van der Waals surface area contributed by atoms with Crippen LogP contribution in [-0.4, -0.2) is 35.5 Å². The van der Waals surface area contributed by atoms with E-state index < -0.39 is 11.9 Å². The minimum absolute atomic E-state index is 0.0996. The quantitative estimate of drug-likeness (QED) is 0.535. The lowest BCUT2D eigenvalue weighted by molar-refractivity contribution is -0.122. The van der Waals surface area contributed by atoms with Crippen LogP contribution in [0.25, 0.3) is 0 Å². The van der Waals surface area contributed by atoms with Gasteiger partial charge in [-0.25, -0.2) is 4.90 Å². The predicted molar refractivity (Wildman–Crippen MR) is 121 cm³/mol. The average molecular weight is 463 g/mol. The van der Waals surface area contributed by atoms with Crippen LogP contribution in [-0.2, 0) is 16.1 Å². The number of amides is 3. The Morgan fingerprint density at radius 3 is 2.45 bits per heavy atom. The monoisotopic (exact) mass is 462 g/mol. The summed E-state index contributed by atoms with van der Waals surface area (Å²) in [6, 6.07) is 19.6. The Morgan fingerprint density at radius 2 is 1.70 bits per heavy atom. The van der Waals surface area contributed by atoms with Gasteiger partial charge in [0, 0.05) is 17.1 Å². The van der Waals surface area contributed by atoms with Crippen molar-refractivity contribution in [3.05, 3.63) is 88.9 Å². The second-order valence-corrected chi connectivity index (χ2v) is 8.19. The number of anilines is 1. The number of halogens is 1. The minimum atomic E-state index is -0.939. The van der Waals surface area contributed by atoms with Crippen LogP contribution in [0, 0.1) is 0 Å². The number of rotatable bonds is 5. The van der Waals surface area contributed by atoms with E-state index in [9.17, 15) is 14.4 Å². The van der Waals surface area contributed by atoms with E-state index in [0.29, 0.717) is 27.8 Å². The second kappa shape index (κ2) is 8.60. The van der Waals surface area contributed by atoms with Gasteiger partial charge >= 0.3 is 0 Å². The number of carbonyl (C=O) groups excluding carboxylic acids is 3. The fraction of sp³-hybridized carbons (Fsp3) is 0.160. The number of para-hydroxylation sites is 1. The van der Waals surface area contributed by atoms with Crippen molar-refractivity contribution >= 4 is 35.0 Å². The molecule has 33 heavy (non-hydrogen) atoms. The largest absolute Gasteiger partial charge is 0.454 e. The van der Waals surface area contributed by atoms with Crippen molar-refractivity contribution in [2.45, 2.75) is 19.0 Å². The minimum Gasteiger partial charge on any atom is -0.454 e. The van der Waals surface area contributed by atoms with E-state index in [1.165, 1.54) is 4.90 Å². The Labute approximate surface area is 195 Å².